The minimum absolute atomic E-state index is 0.00531. The highest BCUT2D eigenvalue weighted by Crippen LogP contribution is 2.51. The SMILES string of the molecule is COc1cc(CO)cc2c1O[C@@H]1[C@@H](O)[C@H](N(CCN3CCOCC3)C(=O)CCCC(C)=O)C=C(C(=O)NCCO)[C@H]21. The van der Waals surface area contributed by atoms with Gasteiger partial charge in [-0.2, -0.15) is 0 Å². The van der Waals surface area contributed by atoms with Crippen molar-refractivity contribution in [1.82, 2.24) is 15.1 Å². The number of benzene rings is 1. The first kappa shape index (κ1) is 30.9. The topological polar surface area (TPSA) is 158 Å². The van der Waals surface area contributed by atoms with Gasteiger partial charge in [-0.3, -0.25) is 14.5 Å². The van der Waals surface area contributed by atoms with Crippen LogP contribution in [-0.4, -0.2) is 121 Å². The molecule has 4 rings (SSSR count). The number of morpholine rings is 1. The van der Waals surface area contributed by atoms with Crippen LogP contribution in [0, 0.1) is 0 Å². The molecule has 1 saturated heterocycles. The molecule has 2 heterocycles. The third kappa shape index (κ3) is 7.07. The summed E-state index contributed by atoms with van der Waals surface area (Å²) in [7, 11) is 1.47. The number of aliphatic hydroxyl groups is 3. The second-order valence-corrected chi connectivity index (χ2v) is 10.6. The summed E-state index contributed by atoms with van der Waals surface area (Å²) in [4.78, 5) is 42.3. The van der Waals surface area contributed by atoms with Crippen LogP contribution < -0.4 is 14.8 Å². The Bertz CT molecular complexity index is 1130. The first-order valence-corrected chi connectivity index (χ1v) is 14.1. The normalized spacial score (nSPS) is 23.6. The van der Waals surface area contributed by atoms with Crippen molar-refractivity contribution >= 4 is 17.6 Å². The predicted molar refractivity (Wildman–Crippen MR) is 148 cm³/mol. The summed E-state index contributed by atoms with van der Waals surface area (Å²) in [5.74, 6) is -0.646. The number of rotatable bonds is 13. The number of nitrogens with zero attached hydrogens (tertiary/aromatic N) is 2. The lowest BCUT2D eigenvalue weighted by atomic mass is 9.77. The number of ketones is 1. The van der Waals surface area contributed by atoms with Gasteiger partial charge in [0.25, 0.3) is 0 Å². The molecule has 2 amide bonds. The molecule has 4 atom stereocenters. The van der Waals surface area contributed by atoms with E-state index in [2.05, 4.69) is 10.2 Å². The van der Waals surface area contributed by atoms with Crippen LogP contribution in [0.4, 0.5) is 0 Å². The minimum atomic E-state index is -1.19. The zero-order valence-corrected chi connectivity index (χ0v) is 23.7. The Hall–Kier alpha value is -3.03. The molecule has 226 valence electrons. The van der Waals surface area contributed by atoms with E-state index in [1.807, 2.05) is 0 Å². The van der Waals surface area contributed by atoms with E-state index < -0.39 is 30.1 Å². The lowest BCUT2D eigenvalue weighted by Crippen LogP contribution is -2.57. The molecule has 12 heteroatoms. The lowest BCUT2D eigenvalue weighted by molar-refractivity contribution is -0.137. The highest BCUT2D eigenvalue weighted by atomic mass is 16.5. The molecule has 0 spiro atoms. The minimum Gasteiger partial charge on any atom is -0.493 e. The van der Waals surface area contributed by atoms with Gasteiger partial charge >= 0.3 is 0 Å². The Morgan fingerprint density at radius 3 is 2.59 bits per heavy atom. The zero-order chi connectivity index (χ0) is 29.5. The molecular weight excluding hydrogens is 534 g/mol. The van der Waals surface area contributed by atoms with Crippen LogP contribution >= 0.6 is 0 Å². The second kappa shape index (κ2) is 14.2. The molecule has 0 radical (unpaired) electrons. The highest BCUT2D eigenvalue weighted by molar-refractivity contribution is 5.96. The van der Waals surface area contributed by atoms with Gasteiger partial charge in [0.1, 0.15) is 18.0 Å². The molecule has 41 heavy (non-hydrogen) atoms. The van der Waals surface area contributed by atoms with Gasteiger partial charge in [0.2, 0.25) is 11.8 Å². The van der Waals surface area contributed by atoms with Crippen LogP contribution in [-0.2, 0) is 25.7 Å². The van der Waals surface area contributed by atoms with E-state index in [1.165, 1.54) is 14.0 Å². The fourth-order valence-corrected chi connectivity index (χ4v) is 5.77. The van der Waals surface area contributed by atoms with Gasteiger partial charge in [0.05, 0.1) is 45.5 Å². The van der Waals surface area contributed by atoms with Crippen LogP contribution in [0.5, 0.6) is 11.5 Å². The smallest absolute Gasteiger partial charge is 0.247 e. The molecule has 1 fully saturated rings. The van der Waals surface area contributed by atoms with Crippen molar-refractivity contribution in [3.05, 3.63) is 34.9 Å². The molecule has 2 aliphatic heterocycles. The van der Waals surface area contributed by atoms with Gasteiger partial charge in [-0.1, -0.05) is 0 Å². The van der Waals surface area contributed by atoms with Gasteiger partial charge in [-0.05, 0) is 37.1 Å². The summed E-state index contributed by atoms with van der Waals surface area (Å²) in [5.41, 5.74) is 1.45. The fourth-order valence-electron chi connectivity index (χ4n) is 5.77. The number of methoxy groups -OCH3 is 1. The molecule has 0 bridgehead atoms. The average molecular weight is 576 g/mol. The Morgan fingerprint density at radius 2 is 1.93 bits per heavy atom. The summed E-state index contributed by atoms with van der Waals surface area (Å²) in [5, 5.41) is 33.6. The third-order valence-electron chi connectivity index (χ3n) is 7.86. The number of aliphatic hydroxyl groups excluding tert-OH is 3. The number of carbonyl (C=O) groups excluding carboxylic acids is 3. The van der Waals surface area contributed by atoms with Crippen molar-refractivity contribution in [3.8, 4) is 11.5 Å². The molecule has 4 N–H and O–H groups in total. The summed E-state index contributed by atoms with van der Waals surface area (Å²) < 4.78 is 17.2. The van der Waals surface area contributed by atoms with Gasteiger partial charge in [-0.25, -0.2) is 0 Å². The number of Topliss-reactive ketones (excluding diaryl/α,β-unsaturated/α-hetero) is 1. The molecular formula is C29H41N3O9. The average Bonchev–Trinajstić information content (AvgIpc) is 3.36. The monoisotopic (exact) mass is 575 g/mol. The Balaban J connectivity index is 1.71. The number of ether oxygens (including phenoxy) is 3. The van der Waals surface area contributed by atoms with E-state index >= 15 is 0 Å². The molecule has 0 unspecified atom stereocenters. The van der Waals surface area contributed by atoms with Crippen molar-refractivity contribution in [2.45, 2.75) is 57.0 Å². The molecule has 1 aliphatic carbocycles. The molecule has 3 aliphatic rings. The van der Waals surface area contributed by atoms with Crippen molar-refractivity contribution in [1.29, 1.82) is 0 Å². The van der Waals surface area contributed by atoms with Crippen molar-refractivity contribution < 1.29 is 43.9 Å². The fraction of sp³-hybridized carbons (Fsp3) is 0.621. The highest BCUT2D eigenvalue weighted by Gasteiger charge is 2.51. The molecule has 1 aromatic carbocycles. The number of hydrogen-bond acceptors (Lipinski definition) is 10. The Kier molecular flexibility index (Phi) is 10.7. The maximum Gasteiger partial charge on any atom is 0.247 e. The predicted octanol–water partition coefficient (Wildman–Crippen LogP) is -0.270. The summed E-state index contributed by atoms with van der Waals surface area (Å²) >= 11 is 0. The number of hydrogen-bond donors (Lipinski definition) is 4. The van der Waals surface area contributed by atoms with Crippen LogP contribution in [0.15, 0.2) is 23.8 Å². The van der Waals surface area contributed by atoms with Crippen LogP contribution in [0.2, 0.25) is 0 Å². The summed E-state index contributed by atoms with van der Waals surface area (Å²) in [6.45, 7) is 4.49. The standard InChI is InChI=1S/C29H41N3O9/c1-18(35)4-3-5-24(36)32(8-7-31-9-12-40-13-10-31)22-16-21(29(38)30-6-11-33)25-20-14-19(17-34)15-23(39-2)27(20)41-28(25)26(22)37/h14-16,22,25-26,28,33-34,37H,3-13,17H2,1-2H3,(H,30,38)/t22-,25+,26+,28+/m1/s1. The van der Waals surface area contributed by atoms with E-state index in [0.717, 1.165) is 13.1 Å². The largest absolute Gasteiger partial charge is 0.493 e. The van der Waals surface area contributed by atoms with E-state index in [0.29, 0.717) is 60.9 Å². The van der Waals surface area contributed by atoms with E-state index in [9.17, 15) is 29.7 Å². The van der Waals surface area contributed by atoms with Crippen molar-refractivity contribution in [2.24, 2.45) is 0 Å². The van der Waals surface area contributed by atoms with Crippen molar-refractivity contribution in [2.75, 3.05) is 59.7 Å². The summed E-state index contributed by atoms with van der Waals surface area (Å²) in [6.07, 6.45) is 0.301. The van der Waals surface area contributed by atoms with Gasteiger partial charge < -0.3 is 44.5 Å². The number of amides is 2. The lowest BCUT2D eigenvalue weighted by Gasteiger charge is -2.41. The van der Waals surface area contributed by atoms with Gasteiger partial charge in [0.15, 0.2) is 11.5 Å². The van der Waals surface area contributed by atoms with Crippen LogP contribution in [0.1, 0.15) is 43.2 Å². The zero-order valence-electron chi connectivity index (χ0n) is 23.7. The van der Waals surface area contributed by atoms with E-state index in [-0.39, 0.29) is 44.3 Å². The first-order chi connectivity index (χ1) is 19.8. The van der Waals surface area contributed by atoms with Gasteiger partial charge in [0, 0.05) is 56.7 Å². The second-order valence-electron chi connectivity index (χ2n) is 10.6. The molecule has 1 aromatic rings. The van der Waals surface area contributed by atoms with Gasteiger partial charge in [-0.15, -0.1) is 0 Å². The van der Waals surface area contributed by atoms with Crippen LogP contribution in [0.25, 0.3) is 0 Å². The maximum atomic E-state index is 13.6. The Morgan fingerprint density at radius 1 is 1.17 bits per heavy atom. The van der Waals surface area contributed by atoms with E-state index in [4.69, 9.17) is 14.2 Å². The maximum absolute atomic E-state index is 13.6. The number of carbonyl (C=O) groups is 3. The van der Waals surface area contributed by atoms with Crippen molar-refractivity contribution in [3.63, 3.8) is 0 Å². The molecule has 12 nitrogen and oxygen atoms in total. The van der Waals surface area contributed by atoms with Crippen LogP contribution in [0.3, 0.4) is 0 Å². The molecule has 0 aromatic heterocycles. The first-order valence-electron chi connectivity index (χ1n) is 14.1. The Labute approximate surface area is 239 Å². The molecule has 0 saturated carbocycles. The third-order valence-corrected chi connectivity index (χ3v) is 7.86. The summed E-state index contributed by atoms with van der Waals surface area (Å²) in [6, 6.07) is 2.49. The quantitative estimate of drug-likeness (QED) is 0.247. The number of nitrogens with one attached hydrogen (secondary N) is 1. The number of fused-ring (bicyclic) bond motifs is 3. The van der Waals surface area contributed by atoms with E-state index in [1.54, 1.807) is 23.1 Å².